The summed E-state index contributed by atoms with van der Waals surface area (Å²) in [6.07, 6.45) is 5.45. The first-order chi connectivity index (χ1) is 20.1. The maximum atomic E-state index is 13.9. The number of nitrogens with one attached hydrogen (secondary N) is 1. The maximum absolute atomic E-state index is 13.9. The van der Waals surface area contributed by atoms with E-state index in [0.717, 1.165) is 56.0 Å². The molecular weight excluding hydrogens is 544 g/mol. The Bertz CT molecular complexity index is 2080. The zero-order valence-electron chi connectivity index (χ0n) is 23.8. The average Bonchev–Trinajstić information content (AvgIpc) is 2.99. The number of anilines is 1. The number of carbonyl (C=O) groups excluding carboxylic acids is 2. The van der Waals surface area contributed by atoms with E-state index in [1.54, 1.807) is 37.4 Å². The first-order valence-corrected chi connectivity index (χ1v) is 15.9. The summed E-state index contributed by atoms with van der Waals surface area (Å²) in [6, 6.07) is 26.0. The summed E-state index contributed by atoms with van der Waals surface area (Å²) >= 11 is 0. The van der Waals surface area contributed by atoms with Gasteiger partial charge in [-0.1, -0.05) is 60.7 Å². The van der Waals surface area contributed by atoms with E-state index in [0.29, 0.717) is 23.2 Å². The van der Waals surface area contributed by atoms with Gasteiger partial charge in [-0.15, -0.1) is 0 Å². The molecule has 6 rings (SSSR count). The molecule has 0 aliphatic heterocycles. The zero-order valence-corrected chi connectivity index (χ0v) is 24.7. The lowest BCUT2D eigenvalue weighted by molar-refractivity contribution is 0.102. The number of hydrogen-bond donors (Lipinski definition) is 1. The number of carbonyl (C=O) groups is 2. The van der Waals surface area contributed by atoms with Crippen LogP contribution >= 0.6 is 0 Å². The van der Waals surface area contributed by atoms with Gasteiger partial charge in [-0.05, 0) is 94.1 Å². The van der Waals surface area contributed by atoms with Crippen LogP contribution in [0.15, 0.2) is 84.9 Å². The normalized spacial score (nSPS) is 15.7. The van der Waals surface area contributed by atoms with Crippen LogP contribution in [0.3, 0.4) is 0 Å². The molecule has 2 aliphatic rings. The van der Waals surface area contributed by atoms with E-state index in [2.05, 4.69) is 11.4 Å². The summed E-state index contributed by atoms with van der Waals surface area (Å²) in [5.41, 5.74) is 5.39. The predicted molar refractivity (Wildman–Crippen MR) is 166 cm³/mol. The van der Waals surface area contributed by atoms with Gasteiger partial charge in [0.2, 0.25) is 10.0 Å². The van der Waals surface area contributed by atoms with E-state index < -0.39 is 16.1 Å². The highest BCUT2D eigenvalue weighted by atomic mass is 32.2. The second kappa shape index (κ2) is 10.8. The molecule has 42 heavy (non-hydrogen) atoms. The minimum absolute atomic E-state index is 0.0547. The van der Waals surface area contributed by atoms with Crippen LogP contribution in [-0.4, -0.2) is 37.7 Å². The third-order valence-corrected chi connectivity index (χ3v) is 9.68. The molecule has 7 heteroatoms. The van der Waals surface area contributed by atoms with E-state index in [9.17, 15) is 18.0 Å². The molecule has 0 heterocycles. The Morgan fingerprint density at radius 2 is 1.52 bits per heavy atom. The summed E-state index contributed by atoms with van der Waals surface area (Å²) in [5, 5.41) is 6.88. The van der Waals surface area contributed by atoms with Gasteiger partial charge >= 0.3 is 0 Å². The lowest BCUT2D eigenvalue weighted by Crippen LogP contribution is -2.35. The third-order valence-electron chi connectivity index (χ3n) is 8.40. The molecule has 0 fully saturated rings. The Balaban J connectivity index is 1.42. The number of aryl methyl sites for hydroxylation is 1. The summed E-state index contributed by atoms with van der Waals surface area (Å²) < 4.78 is 26.8. The molecule has 0 radical (unpaired) electrons. The Hall–Kier alpha value is -4.33. The van der Waals surface area contributed by atoms with Crippen LogP contribution in [0, 0.1) is 17.4 Å². The molecule has 4 aromatic carbocycles. The Morgan fingerprint density at radius 3 is 2.26 bits per heavy atom. The van der Waals surface area contributed by atoms with Gasteiger partial charge in [0.25, 0.3) is 5.91 Å². The van der Waals surface area contributed by atoms with Crippen LogP contribution in [0.1, 0.15) is 56.3 Å². The summed E-state index contributed by atoms with van der Waals surface area (Å²) in [7, 11) is -1.87. The number of Topliss-reactive ketones (excluding diaryl/α,β-unsaturated/α-hetero) is 1. The summed E-state index contributed by atoms with van der Waals surface area (Å²) in [5.74, 6) is -0.250. The van der Waals surface area contributed by atoms with Gasteiger partial charge in [0.1, 0.15) is 0 Å². The number of sulfonamides is 1. The van der Waals surface area contributed by atoms with Crippen LogP contribution in [0.2, 0.25) is 0 Å². The molecule has 1 atom stereocenters. The molecule has 0 bridgehead atoms. The molecule has 1 unspecified atom stereocenters. The standard InChI is InChI=1S/C35H32N2O4S/c1-22-9-4-6-11-26(22)35(39)36-25-17-15-23(16-18-25)34(38)31-14-8-13-29-28(31)19-20-30-27-12-7-5-10-24(27)21-32(33(29)30)37(2)42(3,40)41/h4-7,9-12,15-21,32H,8,13-14H2,1-3H3,(H,36,39). The zero-order chi connectivity index (χ0) is 29.6. The molecule has 2 aliphatic carbocycles. The van der Waals surface area contributed by atoms with Gasteiger partial charge < -0.3 is 5.32 Å². The molecule has 212 valence electrons. The van der Waals surface area contributed by atoms with Gasteiger partial charge in [-0.25, -0.2) is 8.42 Å². The third kappa shape index (κ3) is 4.99. The molecule has 4 aromatic rings. The van der Waals surface area contributed by atoms with Crippen molar-refractivity contribution in [2.45, 2.75) is 32.2 Å². The average molecular weight is 577 g/mol. The number of ketones is 1. The van der Waals surface area contributed by atoms with Crippen LogP contribution in [0.25, 0.3) is 11.6 Å². The van der Waals surface area contributed by atoms with Gasteiger partial charge in [0.05, 0.1) is 12.3 Å². The second-order valence-electron chi connectivity index (χ2n) is 11.0. The highest BCUT2D eigenvalue weighted by Crippen LogP contribution is 2.32. The van der Waals surface area contributed by atoms with E-state index in [1.807, 2.05) is 61.5 Å². The number of hydrogen-bond acceptors (Lipinski definition) is 4. The number of nitrogens with zero attached hydrogens (tertiary/aromatic N) is 1. The fourth-order valence-corrected chi connectivity index (χ4v) is 6.72. The van der Waals surface area contributed by atoms with Crippen molar-refractivity contribution in [3.8, 4) is 0 Å². The monoisotopic (exact) mass is 576 g/mol. The highest BCUT2D eigenvalue weighted by molar-refractivity contribution is 7.88. The van der Waals surface area contributed by atoms with Gasteiger partial charge in [0, 0.05) is 29.4 Å². The largest absolute Gasteiger partial charge is 0.322 e. The predicted octanol–water partition coefficient (Wildman–Crippen LogP) is 4.63. The quantitative estimate of drug-likeness (QED) is 0.340. The second-order valence-corrected chi connectivity index (χ2v) is 13.1. The topological polar surface area (TPSA) is 83.6 Å². The summed E-state index contributed by atoms with van der Waals surface area (Å²) in [4.78, 5) is 26.6. The Morgan fingerprint density at radius 1 is 0.833 bits per heavy atom. The number of amides is 1. The summed E-state index contributed by atoms with van der Waals surface area (Å²) in [6.45, 7) is 1.89. The number of benzene rings is 4. The van der Waals surface area contributed by atoms with E-state index in [4.69, 9.17) is 0 Å². The van der Waals surface area contributed by atoms with Crippen molar-refractivity contribution in [1.29, 1.82) is 0 Å². The van der Waals surface area contributed by atoms with Crippen molar-refractivity contribution < 1.29 is 18.0 Å². The first-order valence-electron chi connectivity index (χ1n) is 14.0. The van der Waals surface area contributed by atoms with Crippen molar-refractivity contribution >= 4 is 39.1 Å². The van der Waals surface area contributed by atoms with E-state index in [-0.39, 0.29) is 11.7 Å². The number of fused-ring (bicyclic) bond motifs is 4. The van der Waals surface area contributed by atoms with Gasteiger partial charge in [-0.3, -0.25) is 9.59 Å². The smallest absolute Gasteiger partial charge is 0.255 e. The van der Waals surface area contributed by atoms with Crippen molar-refractivity contribution in [2.75, 3.05) is 18.6 Å². The minimum atomic E-state index is -3.48. The van der Waals surface area contributed by atoms with Gasteiger partial charge in [0.15, 0.2) is 5.78 Å². The SMILES string of the molecule is Cc1ccccc1C(=O)Nc1ccc(C(=O)C2=c3ccc4c(c3CCC2)C(N(C)S(C)(=O)=O)C=c2ccccc2=4)cc1. The molecule has 0 saturated heterocycles. The van der Waals surface area contributed by atoms with Crippen LogP contribution in [0.4, 0.5) is 5.69 Å². The highest BCUT2D eigenvalue weighted by Gasteiger charge is 2.29. The van der Waals surface area contributed by atoms with Crippen LogP contribution in [0.5, 0.6) is 0 Å². The Labute approximate surface area is 245 Å². The molecule has 1 N–H and O–H groups in total. The fraction of sp³-hybridized carbons (Fsp3) is 0.200. The van der Waals surface area contributed by atoms with Crippen molar-refractivity contribution in [1.82, 2.24) is 4.31 Å². The van der Waals surface area contributed by atoms with E-state index in [1.165, 1.54) is 10.6 Å². The number of rotatable bonds is 6. The minimum Gasteiger partial charge on any atom is -0.322 e. The van der Waals surface area contributed by atoms with Crippen molar-refractivity contribution in [3.05, 3.63) is 134 Å². The fourth-order valence-electron chi connectivity index (χ4n) is 6.14. The molecule has 6 nitrogen and oxygen atoms in total. The first kappa shape index (κ1) is 27.8. The lowest BCUT2D eigenvalue weighted by atomic mass is 9.82. The molecule has 0 saturated carbocycles. The van der Waals surface area contributed by atoms with Crippen molar-refractivity contribution in [2.24, 2.45) is 0 Å². The maximum Gasteiger partial charge on any atom is 0.255 e. The molecular formula is C35H32N2O4S. The van der Waals surface area contributed by atoms with Crippen LogP contribution < -0.4 is 15.8 Å². The van der Waals surface area contributed by atoms with Crippen molar-refractivity contribution in [3.63, 3.8) is 0 Å². The van der Waals surface area contributed by atoms with Crippen LogP contribution in [-0.2, 0) is 16.4 Å². The van der Waals surface area contributed by atoms with E-state index >= 15 is 0 Å². The molecule has 0 aromatic heterocycles. The Kier molecular flexibility index (Phi) is 7.17. The molecule has 0 spiro atoms. The lowest BCUT2D eigenvalue weighted by Gasteiger charge is -2.30. The van der Waals surface area contributed by atoms with Gasteiger partial charge in [-0.2, -0.15) is 4.31 Å². The molecule has 1 amide bonds.